The minimum Gasteiger partial charge on any atom is -0.370 e. The molecule has 0 bridgehead atoms. The Hall–Kier alpha value is -1.20. The molecule has 0 aromatic heterocycles. The Morgan fingerprint density at radius 1 is 1.56 bits per heavy atom. The Labute approximate surface area is 105 Å². The van der Waals surface area contributed by atoms with Crippen LogP contribution in [0.5, 0.6) is 0 Å². The monoisotopic (exact) mass is 261 g/mol. The first-order valence-electron chi connectivity index (χ1n) is 6.14. The summed E-state index contributed by atoms with van der Waals surface area (Å²) in [5.41, 5.74) is 5.23. The van der Waals surface area contributed by atoms with E-state index in [1.54, 1.807) is 11.0 Å². The summed E-state index contributed by atoms with van der Waals surface area (Å²) in [6, 6.07) is 0. The first-order chi connectivity index (χ1) is 8.39. The van der Waals surface area contributed by atoms with Gasteiger partial charge in [-0.2, -0.15) is 13.2 Å². The van der Waals surface area contributed by atoms with Crippen LogP contribution < -0.4 is 5.73 Å². The fourth-order valence-electron chi connectivity index (χ4n) is 3.07. The smallest absolute Gasteiger partial charge is 0.370 e. The second-order valence-electron chi connectivity index (χ2n) is 5.13. The molecule has 0 aromatic rings. The molecule has 1 aliphatic heterocycles. The Bertz CT molecular complexity index is 364. The summed E-state index contributed by atoms with van der Waals surface area (Å²) in [5, 5.41) is 0. The van der Waals surface area contributed by atoms with Gasteiger partial charge in [-0.1, -0.05) is 12.5 Å². The first-order valence-corrected chi connectivity index (χ1v) is 6.14. The summed E-state index contributed by atoms with van der Waals surface area (Å²) in [7, 11) is 0. The topological polar surface area (TPSA) is 41.6 Å². The van der Waals surface area contributed by atoms with E-state index in [1.807, 2.05) is 0 Å². The van der Waals surface area contributed by atoms with Gasteiger partial charge in [0, 0.05) is 6.54 Å². The summed E-state index contributed by atoms with van der Waals surface area (Å²) in [6.45, 7) is 4.46. The van der Waals surface area contributed by atoms with Gasteiger partial charge in [-0.15, -0.1) is 6.58 Å². The van der Waals surface area contributed by atoms with Crippen molar-refractivity contribution >= 4 is 5.96 Å². The molecule has 1 heterocycles. The van der Waals surface area contributed by atoms with Gasteiger partial charge in [0.15, 0.2) is 5.96 Å². The fraction of sp³-hybridized carbons (Fsp3) is 0.750. The molecule has 0 saturated heterocycles. The molecule has 102 valence electrons. The van der Waals surface area contributed by atoms with Crippen molar-refractivity contribution in [2.45, 2.75) is 37.4 Å². The van der Waals surface area contributed by atoms with Crippen LogP contribution in [-0.4, -0.2) is 35.7 Å². The Balaban J connectivity index is 2.18. The zero-order valence-electron chi connectivity index (χ0n) is 10.2. The maximum absolute atomic E-state index is 12.9. The van der Waals surface area contributed by atoms with Gasteiger partial charge in [0.05, 0.1) is 18.0 Å². The van der Waals surface area contributed by atoms with Crippen molar-refractivity contribution in [3.8, 4) is 0 Å². The SMILES string of the molecule is C=CCN1C(N)=NCC12CCCC(C(F)(F)F)C2. The van der Waals surface area contributed by atoms with Crippen molar-refractivity contribution < 1.29 is 13.2 Å². The van der Waals surface area contributed by atoms with Crippen LogP contribution in [0, 0.1) is 5.92 Å². The highest BCUT2D eigenvalue weighted by atomic mass is 19.4. The number of nitrogens with two attached hydrogens (primary N) is 1. The molecule has 1 saturated carbocycles. The molecule has 2 unspecified atom stereocenters. The number of alkyl halides is 3. The zero-order chi connectivity index (χ0) is 13.4. The van der Waals surface area contributed by atoms with Gasteiger partial charge in [0.1, 0.15) is 0 Å². The number of hydrogen-bond donors (Lipinski definition) is 1. The summed E-state index contributed by atoms with van der Waals surface area (Å²) in [5.74, 6) is -0.891. The fourth-order valence-corrected chi connectivity index (χ4v) is 3.07. The van der Waals surface area contributed by atoms with E-state index in [0.29, 0.717) is 25.5 Å². The quantitative estimate of drug-likeness (QED) is 0.775. The first kappa shape index (κ1) is 13.2. The molecule has 3 nitrogen and oxygen atoms in total. The molecule has 0 amide bonds. The standard InChI is InChI=1S/C12H18F3N3/c1-2-6-18-10(16)17-8-11(18)5-3-4-9(7-11)12(13,14)15/h2,9H,1,3-8H2,(H2,16,17). The number of aliphatic imine (C=N–C) groups is 1. The van der Waals surface area contributed by atoms with E-state index in [0.717, 1.165) is 6.42 Å². The lowest BCUT2D eigenvalue weighted by Gasteiger charge is -2.44. The van der Waals surface area contributed by atoms with Crippen LogP contribution in [-0.2, 0) is 0 Å². The largest absolute Gasteiger partial charge is 0.391 e. The van der Waals surface area contributed by atoms with Gasteiger partial charge in [-0.25, -0.2) is 0 Å². The molecule has 1 spiro atoms. The van der Waals surface area contributed by atoms with E-state index in [4.69, 9.17) is 5.73 Å². The predicted molar refractivity (Wildman–Crippen MR) is 64.1 cm³/mol. The van der Waals surface area contributed by atoms with E-state index >= 15 is 0 Å². The van der Waals surface area contributed by atoms with E-state index in [9.17, 15) is 13.2 Å². The molecular weight excluding hydrogens is 243 g/mol. The van der Waals surface area contributed by atoms with Crippen LogP contribution in [0.3, 0.4) is 0 Å². The minimum absolute atomic E-state index is 0.0918. The normalized spacial score (nSPS) is 32.7. The third-order valence-electron chi connectivity index (χ3n) is 3.98. The van der Waals surface area contributed by atoms with Crippen LogP contribution in [0.1, 0.15) is 25.7 Å². The number of nitrogens with zero attached hydrogens (tertiary/aromatic N) is 2. The molecular formula is C12H18F3N3. The molecule has 2 aliphatic rings. The van der Waals surface area contributed by atoms with E-state index in [-0.39, 0.29) is 12.8 Å². The van der Waals surface area contributed by atoms with Crippen molar-refractivity contribution in [1.29, 1.82) is 0 Å². The van der Waals surface area contributed by atoms with Crippen molar-refractivity contribution in [2.75, 3.05) is 13.1 Å². The average Bonchev–Trinajstić information content (AvgIpc) is 2.58. The number of guanidine groups is 1. The number of halogens is 3. The lowest BCUT2D eigenvalue weighted by atomic mass is 9.74. The second-order valence-corrected chi connectivity index (χ2v) is 5.13. The van der Waals surface area contributed by atoms with Crippen LogP contribution in [0.2, 0.25) is 0 Å². The van der Waals surface area contributed by atoms with Gasteiger partial charge in [-0.05, 0) is 19.3 Å². The Morgan fingerprint density at radius 3 is 2.89 bits per heavy atom. The average molecular weight is 261 g/mol. The Kier molecular flexibility index (Phi) is 3.29. The maximum atomic E-state index is 12.9. The lowest BCUT2D eigenvalue weighted by Crippen LogP contribution is -2.55. The van der Waals surface area contributed by atoms with Crippen molar-refractivity contribution in [1.82, 2.24) is 4.90 Å². The van der Waals surface area contributed by atoms with Gasteiger partial charge in [-0.3, -0.25) is 4.99 Å². The van der Waals surface area contributed by atoms with Crippen LogP contribution in [0.15, 0.2) is 17.6 Å². The summed E-state index contributed by atoms with van der Waals surface area (Å²) in [4.78, 5) is 5.92. The van der Waals surface area contributed by atoms with Gasteiger partial charge in [0.2, 0.25) is 0 Å². The van der Waals surface area contributed by atoms with E-state index in [1.165, 1.54) is 0 Å². The minimum atomic E-state index is -4.12. The van der Waals surface area contributed by atoms with Crippen molar-refractivity contribution in [3.63, 3.8) is 0 Å². The molecule has 2 rings (SSSR count). The van der Waals surface area contributed by atoms with Crippen molar-refractivity contribution in [3.05, 3.63) is 12.7 Å². The van der Waals surface area contributed by atoms with Crippen LogP contribution in [0.4, 0.5) is 13.2 Å². The van der Waals surface area contributed by atoms with Gasteiger partial charge < -0.3 is 10.6 Å². The van der Waals surface area contributed by atoms with Gasteiger partial charge >= 0.3 is 6.18 Å². The van der Waals surface area contributed by atoms with E-state index < -0.39 is 17.6 Å². The predicted octanol–water partition coefficient (Wildman–Crippen LogP) is 2.29. The summed E-state index contributed by atoms with van der Waals surface area (Å²) >= 11 is 0. The summed E-state index contributed by atoms with van der Waals surface area (Å²) < 4.78 is 38.6. The molecule has 0 aromatic carbocycles. The third kappa shape index (κ3) is 2.20. The third-order valence-corrected chi connectivity index (χ3v) is 3.98. The highest BCUT2D eigenvalue weighted by Gasteiger charge is 2.51. The zero-order valence-corrected chi connectivity index (χ0v) is 10.2. The number of hydrogen-bond acceptors (Lipinski definition) is 3. The molecule has 1 aliphatic carbocycles. The Morgan fingerprint density at radius 2 is 2.28 bits per heavy atom. The second kappa shape index (κ2) is 4.48. The van der Waals surface area contributed by atoms with Crippen molar-refractivity contribution in [2.24, 2.45) is 16.6 Å². The van der Waals surface area contributed by atoms with Crippen LogP contribution >= 0.6 is 0 Å². The summed E-state index contributed by atoms with van der Waals surface area (Å²) in [6.07, 6.45) is -0.864. The molecule has 1 fully saturated rings. The molecule has 2 N–H and O–H groups in total. The molecule has 18 heavy (non-hydrogen) atoms. The van der Waals surface area contributed by atoms with Gasteiger partial charge in [0.25, 0.3) is 0 Å². The molecule has 6 heteroatoms. The maximum Gasteiger partial charge on any atom is 0.391 e. The highest BCUT2D eigenvalue weighted by Crippen LogP contribution is 2.45. The molecule has 2 atom stereocenters. The number of rotatable bonds is 2. The van der Waals surface area contributed by atoms with Crippen LogP contribution in [0.25, 0.3) is 0 Å². The van der Waals surface area contributed by atoms with E-state index in [2.05, 4.69) is 11.6 Å². The molecule has 0 radical (unpaired) electrons. The lowest BCUT2D eigenvalue weighted by molar-refractivity contribution is -0.190. The highest BCUT2D eigenvalue weighted by molar-refractivity contribution is 5.81.